The number of esters is 3. The number of amides is 1. The van der Waals surface area contributed by atoms with Gasteiger partial charge < -0.3 is 33.5 Å². The summed E-state index contributed by atoms with van der Waals surface area (Å²) in [6, 6.07) is 0. The SMILES string of the molecule is CCCC.CCCCCCCC(=O)N(CCCN(C)C)CC(COCOCCCCCCCC(=O)OCC(CCCCCC)CCCCCC)COC(=O)CCCCCCC(=O)OCC(CCCCCC)CCCCCC. The molecule has 0 aliphatic rings. The van der Waals surface area contributed by atoms with Crippen LogP contribution in [0, 0.1) is 17.8 Å². The third-order valence-corrected chi connectivity index (χ3v) is 14.9. The van der Waals surface area contributed by atoms with Gasteiger partial charge in [0.25, 0.3) is 0 Å². The van der Waals surface area contributed by atoms with Crippen molar-refractivity contribution in [1.29, 1.82) is 0 Å². The molecule has 0 saturated heterocycles. The lowest BCUT2D eigenvalue weighted by atomic mass is 9.95. The van der Waals surface area contributed by atoms with Gasteiger partial charge in [0.1, 0.15) is 6.79 Å². The lowest BCUT2D eigenvalue weighted by Crippen LogP contribution is -2.40. The second-order valence-electron chi connectivity index (χ2n) is 23.0. The average Bonchev–Trinajstić information content (AvgIpc) is 3.42. The normalized spacial score (nSPS) is 11.8. The van der Waals surface area contributed by atoms with E-state index in [2.05, 4.69) is 53.4 Å². The van der Waals surface area contributed by atoms with Crippen molar-refractivity contribution in [3.63, 3.8) is 0 Å². The Kier molecular flexibility index (Phi) is 61.2. The first-order valence-corrected chi connectivity index (χ1v) is 33.1. The Morgan fingerprint density at radius 3 is 1.08 bits per heavy atom. The van der Waals surface area contributed by atoms with Gasteiger partial charge in [0.05, 0.1) is 26.4 Å². The highest BCUT2D eigenvalue weighted by atomic mass is 16.7. The van der Waals surface area contributed by atoms with Crippen molar-refractivity contribution >= 4 is 23.8 Å². The smallest absolute Gasteiger partial charge is 0.305 e. The molecule has 0 radical (unpaired) electrons. The minimum absolute atomic E-state index is 0.0500. The number of hydrogen-bond acceptors (Lipinski definition) is 10. The highest BCUT2D eigenvalue weighted by Gasteiger charge is 2.22. The van der Waals surface area contributed by atoms with Crippen molar-refractivity contribution in [2.24, 2.45) is 17.8 Å². The Morgan fingerprint density at radius 2 is 0.688 bits per heavy atom. The molecule has 0 rings (SSSR count). The molecule has 11 heteroatoms. The Labute approximate surface area is 477 Å². The largest absolute Gasteiger partial charge is 0.465 e. The summed E-state index contributed by atoms with van der Waals surface area (Å²) in [4.78, 5) is 55.9. The molecule has 0 saturated carbocycles. The molecule has 0 bridgehead atoms. The van der Waals surface area contributed by atoms with E-state index in [0.717, 1.165) is 96.4 Å². The van der Waals surface area contributed by atoms with Gasteiger partial charge >= 0.3 is 17.9 Å². The van der Waals surface area contributed by atoms with Gasteiger partial charge in [-0.25, -0.2) is 0 Å². The lowest BCUT2D eigenvalue weighted by Gasteiger charge is -2.28. The standard InChI is InChI=1S/C62H120N2O9.C4H10/c1-8-13-18-24-33-43-59(65)64(48-38-47-63(6)7)50-58(54-73-62(68)46-36-27-26-35-45-61(67)72-53-57(41-31-21-16-11-4)42-32-22-17-12-5)51-70-55-69-49-37-28-23-25-34-44-60(66)71-52-56(39-29-19-14-9-2)40-30-20-15-10-3;1-3-4-2/h56-58H,8-55H2,1-7H3;3-4H2,1-2H3. The Balaban J connectivity index is 0. The molecule has 0 aromatic heterocycles. The first-order chi connectivity index (χ1) is 37.5. The molecule has 1 atom stereocenters. The van der Waals surface area contributed by atoms with Crippen LogP contribution in [0.4, 0.5) is 0 Å². The van der Waals surface area contributed by atoms with Crippen LogP contribution in [0.1, 0.15) is 312 Å². The van der Waals surface area contributed by atoms with Crippen LogP contribution in [0.15, 0.2) is 0 Å². The monoisotopic (exact) mass is 1090 g/mol. The van der Waals surface area contributed by atoms with Crippen LogP contribution < -0.4 is 0 Å². The summed E-state index contributed by atoms with van der Waals surface area (Å²) >= 11 is 0. The van der Waals surface area contributed by atoms with E-state index < -0.39 is 0 Å². The molecule has 1 amide bonds. The van der Waals surface area contributed by atoms with E-state index in [-0.39, 0.29) is 43.1 Å². The molecule has 77 heavy (non-hydrogen) atoms. The summed E-state index contributed by atoms with van der Waals surface area (Å²) in [7, 11) is 4.10. The van der Waals surface area contributed by atoms with E-state index in [1.54, 1.807) is 0 Å². The van der Waals surface area contributed by atoms with E-state index in [1.165, 1.54) is 141 Å². The number of carbonyl (C=O) groups excluding carboxylic acids is 4. The summed E-state index contributed by atoms with van der Waals surface area (Å²) in [5, 5.41) is 0. The van der Waals surface area contributed by atoms with Crippen molar-refractivity contribution in [3.05, 3.63) is 0 Å². The molecule has 0 heterocycles. The number of rotatable bonds is 58. The summed E-state index contributed by atoms with van der Waals surface area (Å²) in [5.41, 5.74) is 0. The van der Waals surface area contributed by atoms with Crippen molar-refractivity contribution in [1.82, 2.24) is 9.80 Å². The molecule has 0 N–H and O–H groups in total. The van der Waals surface area contributed by atoms with Crippen LogP contribution >= 0.6 is 0 Å². The quantitative estimate of drug-likeness (QED) is 0.0252. The van der Waals surface area contributed by atoms with Gasteiger partial charge in [-0.1, -0.05) is 222 Å². The number of nitrogens with zero attached hydrogens (tertiary/aromatic N) is 2. The van der Waals surface area contributed by atoms with Crippen LogP contribution in [0.2, 0.25) is 0 Å². The summed E-state index contributed by atoms with van der Waals surface area (Å²) in [5.74, 6) is 0.557. The number of hydrogen-bond donors (Lipinski definition) is 0. The summed E-state index contributed by atoms with van der Waals surface area (Å²) in [6.07, 6.45) is 43.5. The maximum Gasteiger partial charge on any atom is 0.305 e. The number of ether oxygens (including phenoxy) is 5. The Bertz CT molecular complexity index is 1240. The molecule has 0 aliphatic heterocycles. The highest BCUT2D eigenvalue weighted by Crippen LogP contribution is 2.22. The zero-order chi connectivity index (χ0) is 57.1. The highest BCUT2D eigenvalue weighted by molar-refractivity contribution is 5.76. The van der Waals surface area contributed by atoms with E-state index in [1.807, 2.05) is 19.0 Å². The van der Waals surface area contributed by atoms with Gasteiger partial charge in [-0.3, -0.25) is 19.2 Å². The van der Waals surface area contributed by atoms with Gasteiger partial charge in [-0.2, -0.15) is 0 Å². The lowest BCUT2D eigenvalue weighted by molar-refractivity contribution is -0.148. The Morgan fingerprint density at radius 1 is 0.338 bits per heavy atom. The average molecular weight is 1100 g/mol. The van der Waals surface area contributed by atoms with E-state index in [0.29, 0.717) is 83.5 Å². The summed E-state index contributed by atoms with van der Waals surface area (Å²) < 4.78 is 29.3. The fourth-order valence-corrected chi connectivity index (χ4v) is 9.54. The van der Waals surface area contributed by atoms with Crippen LogP contribution in [0.25, 0.3) is 0 Å². The van der Waals surface area contributed by atoms with Gasteiger partial charge in [0, 0.05) is 51.3 Å². The molecule has 0 aromatic rings. The van der Waals surface area contributed by atoms with Crippen molar-refractivity contribution in [3.8, 4) is 0 Å². The maximum atomic E-state index is 13.6. The van der Waals surface area contributed by atoms with Crippen molar-refractivity contribution in [2.75, 3.05) is 73.6 Å². The molecule has 458 valence electrons. The number of carbonyl (C=O) groups is 4. The molecule has 0 aliphatic carbocycles. The molecule has 1 unspecified atom stereocenters. The van der Waals surface area contributed by atoms with Crippen LogP contribution in [-0.4, -0.2) is 107 Å². The van der Waals surface area contributed by atoms with Gasteiger partial charge in [-0.05, 0) is 96.7 Å². The molecule has 11 nitrogen and oxygen atoms in total. The van der Waals surface area contributed by atoms with E-state index >= 15 is 0 Å². The molecule has 0 spiro atoms. The predicted molar refractivity (Wildman–Crippen MR) is 324 cm³/mol. The van der Waals surface area contributed by atoms with Crippen LogP contribution in [0.5, 0.6) is 0 Å². The second-order valence-corrected chi connectivity index (χ2v) is 23.0. The van der Waals surface area contributed by atoms with Crippen molar-refractivity contribution in [2.45, 2.75) is 312 Å². The third-order valence-electron chi connectivity index (χ3n) is 14.9. The third kappa shape index (κ3) is 56.8. The van der Waals surface area contributed by atoms with Gasteiger partial charge in [-0.15, -0.1) is 0 Å². The van der Waals surface area contributed by atoms with Crippen molar-refractivity contribution < 1.29 is 42.9 Å². The predicted octanol–water partition coefficient (Wildman–Crippen LogP) is 18.0. The van der Waals surface area contributed by atoms with E-state index in [9.17, 15) is 19.2 Å². The van der Waals surface area contributed by atoms with Gasteiger partial charge in [0.2, 0.25) is 5.91 Å². The first kappa shape index (κ1) is 76.8. The Hall–Kier alpha value is -2.24. The first-order valence-electron chi connectivity index (χ1n) is 33.1. The fraction of sp³-hybridized carbons (Fsp3) is 0.939. The van der Waals surface area contributed by atoms with Crippen LogP contribution in [-0.2, 0) is 42.9 Å². The topological polar surface area (TPSA) is 121 Å². The summed E-state index contributed by atoms with van der Waals surface area (Å²) in [6.45, 7) is 19.9. The molecule has 0 fully saturated rings. The van der Waals surface area contributed by atoms with Crippen LogP contribution in [0.3, 0.4) is 0 Å². The molecular formula is C66H130N2O9. The minimum Gasteiger partial charge on any atom is -0.465 e. The maximum absolute atomic E-state index is 13.6. The van der Waals surface area contributed by atoms with E-state index in [4.69, 9.17) is 23.7 Å². The zero-order valence-corrected chi connectivity index (χ0v) is 52.7. The fourth-order valence-electron chi connectivity index (χ4n) is 9.54. The second kappa shape index (κ2) is 61.4. The molecular weight excluding hydrogens is 965 g/mol. The zero-order valence-electron chi connectivity index (χ0n) is 52.7. The number of unbranched alkanes of at least 4 members (excludes halogenated alkanes) is 24. The molecule has 0 aromatic carbocycles. The minimum atomic E-state index is -0.238. The van der Waals surface area contributed by atoms with Gasteiger partial charge in [0.15, 0.2) is 0 Å².